The first kappa shape index (κ1) is 14.8. The zero-order valence-corrected chi connectivity index (χ0v) is 13.0. The van der Waals surface area contributed by atoms with Gasteiger partial charge in [-0.2, -0.15) is 0 Å². The highest BCUT2D eigenvalue weighted by Gasteiger charge is 2.33. The Morgan fingerprint density at radius 1 is 1.45 bits per heavy atom. The number of carboxylic acids is 1. The van der Waals surface area contributed by atoms with Crippen molar-refractivity contribution < 1.29 is 9.90 Å². The largest absolute Gasteiger partial charge is 0.478 e. The number of aromatic carboxylic acids is 1. The first-order valence-corrected chi connectivity index (χ1v) is 7.15. The number of anilines is 1. The molecule has 0 bridgehead atoms. The van der Waals surface area contributed by atoms with Crippen LogP contribution in [-0.2, 0) is 5.41 Å². The molecule has 0 aromatic carbocycles. The molecule has 1 saturated carbocycles. The van der Waals surface area contributed by atoms with Gasteiger partial charge < -0.3 is 10.0 Å². The van der Waals surface area contributed by atoms with Gasteiger partial charge >= 0.3 is 5.97 Å². The average Bonchev–Trinajstić information content (AvgIpc) is 3.03. The molecular formula is C16H24N2O2. The van der Waals surface area contributed by atoms with E-state index >= 15 is 0 Å². The second-order valence-corrected chi connectivity index (χ2v) is 7.01. The van der Waals surface area contributed by atoms with Crippen LogP contribution in [0.2, 0.25) is 0 Å². The van der Waals surface area contributed by atoms with Gasteiger partial charge in [0, 0.05) is 24.7 Å². The van der Waals surface area contributed by atoms with Gasteiger partial charge in [0.25, 0.3) is 0 Å². The van der Waals surface area contributed by atoms with Gasteiger partial charge in [-0.15, -0.1) is 0 Å². The Kier molecular flexibility index (Phi) is 3.76. The Morgan fingerprint density at radius 2 is 2.05 bits per heavy atom. The Labute approximate surface area is 120 Å². The molecule has 4 nitrogen and oxygen atoms in total. The Hall–Kier alpha value is -1.58. The SMILES string of the molecule is CC1CC1CN(C)c1cc(C(=O)O)cc(C(C)(C)C)n1. The molecule has 0 radical (unpaired) electrons. The number of aromatic nitrogens is 1. The summed E-state index contributed by atoms with van der Waals surface area (Å²) < 4.78 is 0. The van der Waals surface area contributed by atoms with E-state index in [1.165, 1.54) is 6.42 Å². The van der Waals surface area contributed by atoms with Gasteiger partial charge in [0.05, 0.1) is 5.56 Å². The minimum Gasteiger partial charge on any atom is -0.478 e. The van der Waals surface area contributed by atoms with Crippen LogP contribution in [0.25, 0.3) is 0 Å². The molecule has 2 unspecified atom stereocenters. The third kappa shape index (κ3) is 3.30. The van der Waals surface area contributed by atoms with E-state index in [1.807, 2.05) is 27.8 Å². The molecule has 0 amide bonds. The van der Waals surface area contributed by atoms with Crippen molar-refractivity contribution in [1.29, 1.82) is 0 Å². The highest BCUT2D eigenvalue weighted by molar-refractivity contribution is 5.88. The van der Waals surface area contributed by atoms with Crippen LogP contribution in [0.1, 0.15) is 50.2 Å². The Morgan fingerprint density at radius 3 is 2.50 bits per heavy atom. The summed E-state index contributed by atoms with van der Waals surface area (Å²) in [5.41, 5.74) is 0.979. The van der Waals surface area contributed by atoms with Crippen molar-refractivity contribution in [2.24, 2.45) is 11.8 Å². The molecule has 0 aliphatic heterocycles. The van der Waals surface area contributed by atoms with E-state index in [2.05, 4.69) is 16.8 Å². The van der Waals surface area contributed by atoms with E-state index in [0.29, 0.717) is 11.5 Å². The first-order chi connectivity index (χ1) is 9.18. The molecule has 1 aliphatic rings. The van der Waals surface area contributed by atoms with Crippen LogP contribution in [0.15, 0.2) is 12.1 Å². The fraction of sp³-hybridized carbons (Fsp3) is 0.625. The second kappa shape index (κ2) is 5.08. The summed E-state index contributed by atoms with van der Waals surface area (Å²) in [6.07, 6.45) is 1.26. The molecule has 1 aliphatic carbocycles. The lowest BCUT2D eigenvalue weighted by atomic mass is 9.90. The van der Waals surface area contributed by atoms with Crippen LogP contribution < -0.4 is 4.90 Å². The number of carboxylic acid groups (broad SMARTS) is 1. The van der Waals surface area contributed by atoms with E-state index in [-0.39, 0.29) is 5.41 Å². The molecule has 2 rings (SSSR count). The topological polar surface area (TPSA) is 53.4 Å². The highest BCUT2D eigenvalue weighted by Crippen LogP contribution is 2.38. The summed E-state index contributed by atoms with van der Waals surface area (Å²) >= 11 is 0. The standard InChI is InChI=1S/C16H24N2O2/c1-10-6-12(10)9-18(5)14-8-11(15(19)20)7-13(17-14)16(2,3)4/h7-8,10,12H,6,9H2,1-5H3,(H,19,20). The van der Waals surface area contributed by atoms with Gasteiger partial charge in [-0.1, -0.05) is 27.7 Å². The molecule has 2 atom stereocenters. The van der Waals surface area contributed by atoms with Gasteiger partial charge in [-0.3, -0.25) is 0 Å². The van der Waals surface area contributed by atoms with Crippen LogP contribution in [0.3, 0.4) is 0 Å². The van der Waals surface area contributed by atoms with Gasteiger partial charge in [0.2, 0.25) is 0 Å². The summed E-state index contributed by atoms with van der Waals surface area (Å²) in [5, 5.41) is 9.27. The molecule has 1 aromatic heterocycles. The minimum absolute atomic E-state index is 0.159. The maximum atomic E-state index is 11.3. The summed E-state index contributed by atoms with van der Waals surface area (Å²) in [4.78, 5) is 18.0. The lowest BCUT2D eigenvalue weighted by Gasteiger charge is -2.23. The van der Waals surface area contributed by atoms with E-state index in [1.54, 1.807) is 12.1 Å². The van der Waals surface area contributed by atoms with Crippen LogP contribution in [0, 0.1) is 11.8 Å². The highest BCUT2D eigenvalue weighted by atomic mass is 16.4. The minimum atomic E-state index is -0.896. The predicted octanol–water partition coefficient (Wildman–Crippen LogP) is 3.17. The Balaban J connectivity index is 2.31. The van der Waals surface area contributed by atoms with Crippen molar-refractivity contribution in [2.75, 3.05) is 18.5 Å². The zero-order valence-electron chi connectivity index (χ0n) is 13.0. The molecule has 1 fully saturated rings. The maximum absolute atomic E-state index is 11.3. The number of pyridine rings is 1. The molecule has 1 heterocycles. The van der Waals surface area contributed by atoms with Gasteiger partial charge in [-0.05, 0) is 30.4 Å². The normalized spacial score (nSPS) is 21.6. The van der Waals surface area contributed by atoms with Crippen LogP contribution in [0.5, 0.6) is 0 Å². The third-order valence-corrected chi connectivity index (χ3v) is 4.00. The van der Waals surface area contributed by atoms with Crippen molar-refractivity contribution in [2.45, 2.75) is 39.5 Å². The summed E-state index contributed by atoms with van der Waals surface area (Å²) in [6, 6.07) is 3.35. The maximum Gasteiger partial charge on any atom is 0.335 e. The average molecular weight is 276 g/mol. The van der Waals surface area contributed by atoms with E-state index in [4.69, 9.17) is 0 Å². The fourth-order valence-corrected chi connectivity index (χ4v) is 2.32. The Bertz CT molecular complexity index is 520. The van der Waals surface area contributed by atoms with E-state index in [0.717, 1.165) is 24.0 Å². The van der Waals surface area contributed by atoms with Crippen molar-refractivity contribution in [3.8, 4) is 0 Å². The molecule has 0 saturated heterocycles. The third-order valence-electron chi connectivity index (χ3n) is 4.00. The van der Waals surface area contributed by atoms with Crippen LogP contribution >= 0.6 is 0 Å². The smallest absolute Gasteiger partial charge is 0.335 e. The van der Waals surface area contributed by atoms with Crippen LogP contribution in [0.4, 0.5) is 5.82 Å². The van der Waals surface area contributed by atoms with E-state index < -0.39 is 5.97 Å². The number of hydrogen-bond donors (Lipinski definition) is 1. The molecule has 0 spiro atoms. The molecule has 110 valence electrons. The van der Waals surface area contributed by atoms with Gasteiger partial charge in [-0.25, -0.2) is 9.78 Å². The lowest BCUT2D eigenvalue weighted by Crippen LogP contribution is -2.24. The molecule has 4 heteroatoms. The lowest BCUT2D eigenvalue weighted by molar-refractivity contribution is 0.0696. The number of hydrogen-bond acceptors (Lipinski definition) is 3. The molecule has 1 N–H and O–H groups in total. The van der Waals surface area contributed by atoms with Gasteiger partial charge in [0.1, 0.15) is 5.82 Å². The summed E-state index contributed by atoms with van der Waals surface area (Å²) in [5.74, 6) is 1.36. The van der Waals surface area contributed by atoms with Crippen molar-refractivity contribution in [3.05, 3.63) is 23.4 Å². The van der Waals surface area contributed by atoms with E-state index in [9.17, 15) is 9.90 Å². The second-order valence-electron chi connectivity index (χ2n) is 7.01. The molecule has 1 aromatic rings. The predicted molar refractivity (Wildman–Crippen MR) is 80.4 cm³/mol. The summed E-state index contributed by atoms with van der Waals surface area (Å²) in [6.45, 7) is 9.34. The monoisotopic (exact) mass is 276 g/mol. The van der Waals surface area contributed by atoms with Crippen molar-refractivity contribution in [3.63, 3.8) is 0 Å². The number of carbonyl (C=O) groups is 1. The number of rotatable bonds is 4. The number of nitrogens with zero attached hydrogens (tertiary/aromatic N) is 2. The van der Waals surface area contributed by atoms with Gasteiger partial charge in [0.15, 0.2) is 0 Å². The quantitative estimate of drug-likeness (QED) is 0.917. The van der Waals surface area contributed by atoms with Crippen molar-refractivity contribution in [1.82, 2.24) is 4.98 Å². The zero-order chi connectivity index (χ0) is 15.1. The first-order valence-electron chi connectivity index (χ1n) is 7.15. The van der Waals surface area contributed by atoms with Crippen molar-refractivity contribution >= 4 is 11.8 Å². The summed E-state index contributed by atoms with van der Waals surface area (Å²) in [7, 11) is 1.99. The fourth-order valence-electron chi connectivity index (χ4n) is 2.32. The molecular weight excluding hydrogens is 252 g/mol. The van der Waals surface area contributed by atoms with Crippen LogP contribution in [-0.4, -0.2) is 29.7 Å². The molecule has 20 heavy (non-hydrogen) atoms.